The Morgan fingerprint density at radius 1 is 1.06 bits per heavy atom. The van der Waals surface area contributed by atoms with Crippen LogP contribution in [0.15, 0.2) is 42.9 Å². The Bertz CT molecular complexity index is 431. The third-order valence-corrected chi connectivity index (χ3v) is 2.87. The number of aryl methyl sites for hydroxylation is 1. The van der Waals surface area contributed by atoms with Crippen molar-refractivity contribution in [2.45, 2.75) is 32.2 Å². The third-order valence-electron chi connectivity index (χ3n) is 2.87. The van der Waals surface area contributed by atoms with Gasteiger partial charge >= 0.3 is 0 Å². The van der Waals surface area contributed by atoms with Crippen LogP contribution in [-0.2, 0) is 6.54 Å². The van der Waals surface area contributed by atoms with Crippen molar-refractivity contribution in [2.75, 3.05) is 0 Å². The van der Waals surface area contributed by atoms with E-state index in [0.29, 0.717) is 0 Å². The maximum absolute atomic E-state index is 4.44. The molecule has 0 N–H and O–H groups in total. The summed E-state index contributed by atoms with van der Waals surface area (Å²) in [6.45, 7) is 4.91. The van der Waals surface area contributed by atoms with Gasteiger partial charge < -0.3 is 4.57 Å². The molecule has 1 aromatic heterocycles. The van der Waals surface area contributed by atoms with Gasteiger partial charge in [0.1, 0.15) is 0 Å². The second-order valence-electron chi connectivity index (χ2n) is 4.28. The zero-order chi connectivity index (χ0) is 11.9. The molecule has 0 atom stereocenters. The highest BCUT2D eigenvalue weighted by Crippen LogP contribution is 2.16. The minimum absolute atomic E-state index is 1.04. The fraction of sp³-hybridized carbons (Fsp3) is 0.333. The first-order valence-electron chi connectivity index (χ1n) is 6.26. The average Bonchev–Trinajstić information content (AvgIpc) is 2.85. The standard InChI is InChI=1S/C15H19N2/c1-2-3-4-8-11-17-12-15(16-13-17)14-9-6-5-7-10-14/h5-7,9-10,12-13H,1-4,8,11H2. The van der Waals surface area contributed by atoms with Crippen LogP contribution in [0, 0.1) is 6.92 Å². The fourth-order valence-electron chi connectivity index (χ4n) is 1.89. The predicted octanol–water partition coefficient (Wildman–Crippen LogP) is 3.94. The molecule has 2 rings (SSSR count). The van der Waals surface area contributed by atoms with E-state index < -0.39 is 0 Å². The second-order valence-corrected chi connectivity index (χ2v) is 4.28. The van der Waals surface area contributed by atoms with Crippen molar-refractivity contribution in [3.05, 3.63) is 49.8 Å². The number of aromatic nitrogens is 2. The number of benzene rings is 1. The first-order valence-corrected chi connectivity index (χ1v) is 6.26. The van der Waals surface area contributed by atoms with Crippen LogP contribution < -0.4 is 0 Å². The van der Waals surface area contributed by atoms with E-state index in [9.17, 15) is 0 Å². The Hall–Kier alpha value is -1.57. The lowest BCUT2D eigenvalue weighted by atomic mass is 10.2. The molecule has 2 aromatic rings. The Morgan fingerprint density at radius 2 is 1.88 bits per heavy atom. The van der Waals surface area contributed by atoms with Crippen molar-refractivity contribution in [2.24, 2.45) is 0 Å². The van der Waals surface area contributed by atoms with Gasteiger partial charge in [0.15, 0.2) is 0 Å². The first-order chi connectivity index (χ1) is 8.40. The number of unbranched alkanes of at least 4 members (excludes halogenated alkanes) is 3. The summed E-state index contributed by atoms with van der Waals surface area (Å²) >= 11 is 0. The van der Waals surface area contributed by atoms with E-state index in [2.05, 4.69) is 34.8 Å². The van der Waals surface area contributed by atoms with Crippen LogP contribution in [0.25, 0.3) is 11.3 Å². The van der Waals surface area contributed by atoms with Crippen LogP contribution in [0.2, 0.25) is 0 Å². The van der Waals surface area contributed by atoms with Crippen molar-refractivity contribution in [3.8, 4) is 11.3 Å². The minimum atomic E-state index is 1.04. The predicted molar refractivity (Wildman–Crippen MR) is 71.5 cm³/mol. The molecule has 2 nitrogen and oxygen atoms in total. The topological polar surface area (TPSA) is 17.8 Å². The first kappa shape index (κ1) is 11.9. The van der Waals surface area contributed by atoms with E-state index in [-0.39, 0.29) is 0 Å². The third kappa shape index (κ3) is 3.45. The van der Waals surface area contributed by atoms with E-state index in [0.717, 1.165) is 18.7 Å². The van der Waals surface area contributed by atoms with Gasteiger partial charge in [-0.1, -0.05) is 56.5 Å². The molecule has 0 fully saturated rings. The Balaban J connectivity index is 1.92. The molecule has 0 spiro atoms. The molecule has 0 amide bonds. The molecule has 1 radical (unpaired) electrons. The fourth-order valence-corrected chi connectivity index (χ4v) is 1.89. The molecule has 1 heterocycles. The van der Waals surface area contributed by atoms with Crippen LogP contribution in [0.1, 0.15) is 25.7 Å². The van der Waals surface area contributed by atoms with Crippen LogP contribution in [-0.4, -0.2) is 9.55 Å². The summed E-state index contributed by atoms with van der Waals surface area (Å²) in [5, 5.41) is 0. The summed E-state index contributed by atoms with van der Waals surface area (Å²) < 4.78 is 2.17. The highest BCUT2D eigenvalue weighted by molar-refractivity contribution is 5.57. The number of hydrogen-bond donors (Lipinski definition) is 0. The summed E-state index contributed by atoms with van der Waals surface area (Å²) in [5.41, 5.74) is 2.24. The Morgan fingerprint density at radius 3 is 2.65 bits per heavy atom. The molecule has 1 aromatic carbocycles. The molecule has 0 aliphatic carbocycles. The normalized spacial score (nSPS) is 10.6. The number of rotatable bonds is 6. The molecule has 0 saturated carbocycles. The van der Waals surface area contributed by atoms with Crippen molar-refractivity contribution < 1.29 is 0 Å². The quantitative estimate of drug-likeness (QED) is 0.683. The lowest BCUT2D eigenvalue weighted by molar-refractivity contribution is 0.590. The zero-order valence-corrected chi connectivity index (χ0v) is 10.2. The van der Waals surface area contributed by atoms with Crippen molar-refractivity contribution in [1.29, 1.82) is 0 Å². The second kappa shape index (κ2) is 6.24. The summed E-state index contributed by atoms with van der Waals surface area (Å²) in [6, 6.07) is 10.3. The molecule has 0 aliphatic heterocycles. The van der Waals surface area contributed by atoms with Gasteiger partial charge in [0.2, 0.25) is 0 Å². The van der Waals surface area contributed by atoms with E-state index >= 15 is 0 Å². The smallest absolute Gasteiger partial charge is 0.0953 e. The van der Waals surface area contributed by atoms with Crippen molar-refractivity contribution in [3.63, 3.8) is 0 Å². The molecular formula is C15H19N2. The van der Waals surface area contributed by atoms with Gasteiger partial charge in [-0.05, 0) is 6.42 Å². The number of imidazole rings is 1. The monoisotopic (exact) mass is 227 g/mol. The van der Waals surface area contributed by atoms with Gasteiger partial charge in [-0.15, -0.1) is 0 Å². The van der Waals surface area contributed by atoms with Crippen LogP contribution in [0.4, 0.5) is 0 Å². The lowest BCUT2D eigenvalue weighted by Crippen LogP contribution is -1.93. The molecule has 0 bridgehead atoms. The Labute approximate surface area is 103 Å². The van der Waals surface area contributed by atoms with Crippen LogP contribution >= 0.6 is 0 Å². The highest BCUT2D eigenvalue weighted by atomic mass is 15.0. The molecule has 0 aliphatic rings. The molecule has 89 valence electrons. The highest BCUT2D eigenvalue weighted by Gasteiger charge is 2.00. The summed E-state index contributed by atoms with van der Waals surface area (Å²) in [6.07, 6.45) is 8.77. The molecular weight excluding hydrogens is 208 g/mol. The van der Waals surface area contributed by atoms with Gasteiger partial charge in [-0.3, -0.25) is 0 Å². The van der Waals surface area contributed by atoms with Gasteiger partial charge in [0, 0.05) is 18.3 Å². The Kier molecular flexibility index (Phi) is 4.37. The van der Waals surface area contributed by atoms with Crippen LogP contribution in [0.5, 0.6) is 0 Å². The molecule has 17 heavy (non-hydrogen) atoms. The largest absolute Gasteiger partial charge is 0.337 e. The van der Waals surface area contributed by atoms with Gasteiger partial charge in [0.25, 0.3) is 0 Å². The number of hydrogen-bond acceptors (Lipinski definition) is 1. The van der Waals surface area contributed by atoms with E-state index in [1.165, 1.54) is 24.8 Å². The summed E-state index contributed by atoms with van der Waals surface area (Å²) in [4.78, 5) is 4.44. The molecule has 0 unspecified atom stereocenters. The van der Waals surface area contributed by atoms with Gasteiger partial charge in [0.05, 0.1) is 12.0 Å². The molecule has 2 heteroatoms. The zero-order valence-electron chi connectivity index (χ0n) is 10.2. The summed E-state index contributed by atoms with van der Waals surface area (Å²) in [5.74, 6) is 0. The van der Waals surface area contributed by atoms with E-state index in [1.54, 1.807) is 0 Å². The van der Waals surface area contributed by atoms with Crippen LogP contribution in [0.3, 0.4) is 0 Å². The van der Waals surface area contributed by atoms with Crippen molar-refractivity contribution >= 4 is 0 Å². The van der Waals surface area contributed by atoms with E-state index in [4.69, 9.17) is 0 Å². The van der Waals surface area contributed by atoms with Gasteiger partial charge in [-0.25, -0.2) is 4.98 Å². The SMILES string of the molecule is [CH2]CCCCCn1cnc(-c2ccccc2)c1. The van der Waals surface area contributed by atoms with Crippen molar-refractivity contribution in [1.82, 2.24) is 9.55 Å². The summed E-state index contributed by atoms with van der Waals surface area (Å²) in [7, 11) is 0. The molecule has 0 saturated heterocycles. The lowest BCUT2D eigenvalue weighted by Gasteiger charge is -2.00. The maximum atomic E-state index is 4.44. The maximum Gasteiger partial charge on any atom is 0.0953 e. The minimum Gasteiger partial charge on any atom is -0.337 e. The number of nitrogens with zero attached hydrogens (tertiary/aromatic N) is 2. The average molecular weight is 227 g/mol. The van der Waals surface area contributed by atoms with Gasteiger partial charge in [-0.2, -0.15) is 0 Å². The van der Waals surface area contributed by atoms with E-state index in [1.807, 2.05) is 24.5 Å².